The molecule has 1 aliphatic rings. The van der Waals surface area contributed by atoms with E-state index < -0.39 is 0 Å². The van der Waals surface area contributed by atoms with Gasteiger partial charge in [-0.1, -0.05) is 17.8 Å². The van der Waals surface area contributed by atoms with Crippen LogP contribution in [0.1, 0.15) is 33.9 Å². The van der Waals surface area contributed by atoms with Crippen LogP contribution in [0.15, 0.2) is 52.3 Å². The van der Waals surface area contributed by atoms with E-state index in [1.807, 2.05) is 34.8 Å². The summed E-state index contributed by atoms with van der Waals surface area (Å²) >= 11 is 1.59. The lowest BCUT2D eigenvalue weighted by molar-refractivity contribution is 0.0712. The van der Waals surface area contributed by atoms with Crippen molar-refractivity contribution in [1.29, 1.82) is 0 Å². The topological polar surface area (TPSA) is 60.5 Å². The van der Waals surface area contributed by atoms with E-state index in [2.05, 4.69) is 17.1 Å². The van der Waals surface area contributed by atoms with Gasteiger partial charge in [0.15, 0.2) is 10.9 Å². The maximum atomic E-state index is 13.0. The molecule has 0 saturated heterocycles. The number of rotatable bonds is 5. The monoisotopic (exact) mass is 397 g/mol. The summed E-state index contributed by atoms with van der Waals surface area (Å²) in [5.74, 6) is 2.61. The van der Waals surface area contributed by atoms with Crippen molar-refractivity contribution in [3.63, 3.8) is 0 Å². The number of hydrogen-bond acceptors (Lipinski definition) is 5. The molecule has 0 N–H and O–H groups in total. The number of carbonyl (C=O) groups excluding carboxylic acids is 1. The van der Waals surface area contributed by atoms with Gasteiger partial charge in [0.25, 0.3) is 5.91 Å². The molecule has 1 aliphatic heterocycles. The fourth-order valence-electron chi connectivity index (χ4n) is 3.39. The average molecular weight is 398 g/mol. The first kappa shape index (κ1) is 18.7. The minimum absolute atomic E-state index is 0.0584. The number of aryl methyl sites for hydroxylation is 2. The van der Waals surface area contributed by atoms with E-state index in [9.17, 15) is 4.79 Å². The third-order valence-electron chi connectivity index (χ3n) is 4.93. The maximum absolute atomic E-state index is 13.0. The number of aromatic nitrogens is 2. The zero-order chi connectivity index (χ0) is 19.5. The average Bonchev–Trinajstić information content (AvgIpc) is 3.28. The van der Waals surface area contributed by atoms with Crippen molar-refractivity contribution in [2.24, 2.45) is 7.05 Å². The molecule has 0 atom stereocenters. The summed E-state index contributed by atoms with van der Waals surface area (Å²) < 4.78 is 13.1. The minimum atomic E-state index is -0.0584. The van der Waals surface area contributed by atoms with Crippen LogP contribution in [-0.2, 0) is 25.8 Å². The molecule has 0 aliphatic carbocycles. The number of furan rings is 1. The molecule has 0 radical (unpaired) electrons. The van der Waals surface area contributed by atoms with Crippen molar-refractivity contribution < 1.29 is 13.9 Å². The Hall–Kier alpha value is -2.67. The predicted octanol–water partition coefficient (Wildman–Crippen LogP) is 3.90. The van der Waals surface area contributed by atoms with Gasteiger partial charge in [-0.2, -0.15) is 0 Å². The summed E-state index contributed by atoms with van der Waals surface area (Å²) in [6, 6.07) is 9.73. The summed E-state index contributed by atoms with van der Waals surface area (Å²) in [7, 11) is 3.63. The molecular weight excluding hydrogens is 374 g/mol. The first-order valence-electron chi connectivity index (χ1n) is 9.28. The molecule has 3 heterocycles. The highest BCUT2D eigenvalue weighted by Crippen LogP contribution is 2.26. The van der Waals surface area contributed by atoms with E-state index in [4.69, 9.17) is 9.15 Å². The number of fused-ring (bicyclic) bond motifs is 1. The number of carbonyl (C=O) groups is 1. The normalized spacial score (nSPS) is 13.9. The van der Waals surface area contributed by atoms with Crippen LogP contribution >= 0.6 is 11.8 Å². The number of nitrogens with zero attached hydrogens (tertiary/aromatic N) is 3. The lowest BCUT2D eigenvalue weighted by atomic mass is 10.0. The van der Waals surface area contributed by atoms with Crippen molar-refractivity contribution in [1.82, 2.24) is 14.5 Å². The molecule has 4 rings (SSSR count). The molecule has 0 saturated carbocycles. The molecule has 146 valence electrons. The largest absolute Gasteiger partial charge is 0.497 e. The third-order valence-corrected chi connectivity index (χ3v) is 6.01. The van der Waals surface area contributed by atoms with Crippen molar-refractivity contribution in [2.45, 2.75) is 30.3 Å². The van der Waals surface area contributed by atoms with Crippen LogP contribution < -0.4 is 4.74 Å². The molecule has 6 nitrogen and oxygen atoms in total. The number of thioether (sulfide) groups is 1. The predicted molar refractivity (Wildman–Crippen MR) is 108 cm³/mol. The Labute approximate surface area is 168 Å². The number of methoxy groups -OCH3 is 1. The standard InChI is InChI=1S/C21H23N3O3S/c1-23-11-9-22-21(23)28-14-18-7-8-19(27-18)20(25)24-10-3-4-15-12-17(26-2)6-5-16(15)13-24/h5-9,11-12H,3-4,10,13-14H2,1-2H3. The van der Waals surface area contributed by atoms with Gasteiger partial charge < -0.3 is 18.6 Å². The number of benzene rings is 1. The Morgan fingerprint density at radius 2 is 2.18 bits per heavy atom. The van der Waals surface area contributed by atoms with Gasteiger partial charge in [-0.3, -0.25) is 4.79 Å². The molecule has 0 fully saturated rings. The van der Waals surface area contributed by atoms with Crippen molar-refractivity contribution >= 4 is 17.7 Å². The molecule has 0 bridgehead atoms. The van der Waals surface area contributed by atoms with Crippen molar-refractivity contribution in [2.75, 3.05) is 13.7 Å². The smallest absolute Gasteiger partial charge is 0.289 e. The zero-order valence-corrected chi connectivity index (χ0v) is 16.9. The highest BCUT2D eigenvalue weighted by atomic mass is 32.2. The van der Waals surface area contributed by atoms with Gasteiger partial charge in [-0.15, -0.1) is 0 Å². The van der Waals surface area contributed by atoms with E-state index in [-0.39, 0.29) is 5.91 Å². The van der Waals surface area contributed by atoms with E-state index in [1.165, 1.54) is 11.1 Å². The second-order valence-electron chi connectivity index (χ2n) is 6.84. The van der Waals surface area contributed by atoms with Gasteiger partial charge in [-0.05, 0) is 48.2 Å². The number of hydrogen-bond donors (Lipinski definition) is 0. The summed E-state index contributed by atoms with van der Waals surface area (Å²) in [5, 5.41) is 0.920. The Kier molecular flexibility index (Phi) is 5.43. The van der Waals surface area contributed by atoms with E-state index in [0.29, 0.717) is 24.6 Å². The minimum Gasteiger partial charge on any atom is -0.497 e. The first-order chi connectivity index (χ1) is 13.6. The zero-order valence-electron chi connectivity index (χ0n) is 16.1. The highest BCUT2D eigenvalue weighted by molar-refractivity contribution is 7.98. The van der Waals surface area contributed by atoms with Crippen LogP contribution in [0.3, 0.4) is 0 Å². The molecule has 1 amide bonds. The molecule has 0 unspecified atom stereocenters. The number of ether oxygens (including phenoxy) is 1. The number of amides is 1. The van der Waals surface area contributed by atoms with Gasteiger partial charge in [0, 0.05) is 32.5 Å². The molecule has 3 aromatic rings. The third kappa shape index (κ3) is 3.94. The SMILES string of the molecule is COc1ccc2c(c1)CCCN(C(=O)c1ccc(CSc3nccn3C)o1)C2. The van der Waals surface area contributed by atoms with Crippen molar-refractivity contribution in [3.05, 3.63) is 65.4 Å². The van der Waals surface area contributed by atoms with E-state index in [1.54, 1.807) is 31.1 Å². The molecule has 0 spiro atoms. The Morgan fingerprint density at radius 1 is 1.29 bits per heavy atom. The van der Waals surface area contributed by atoms with Crippen LogP contribution in [0.2, 0.25) is 0 Å². The van der Waals surface area contributed by atoms with Crippen LogP contribution in [0.5, 0.6) is 5.75 Å². The van der Waals surface area contributed by atoms with Gasteiger partial charge in [0.2, 0.25) is 0 Å². The summed E-state index contributed by atoms with van der Waals surface area (Å²) in [5.41, 5.74) is 2.42. The van der Waals surface area contributed by atoms with Gasteiger partial charge in [0.1, 0.15) is 11.5 Å². The van der Waals surface area contributed by atoms with Gasteiger partial charge in [0.05, 0.1) is 12.9 Å². The van der Waals surface area contributed by atoms with Crippen molar-refractivity contribution in [3.8, 4) is 5.75 Å². The Morgan fingerprint density at radius 3 is 2.96 bits per heavy atom. The van der Waals surface area contributed by atoms with Gasteiger partial charge in [-0.25, -0.2) is 4.98 Å². The lowest BCUT2D eigenvalue weighted by Gasteiger charge is -2.19. The summed E-state index contributed by atoms with van der Waals surface area (Å²) in [6.07, 6.45) is 5.55. The fourth-order valence-corrected chi connectivity index (χ4v) is 4.21. The van der Waals surface area contributed by atoms with E-state index in [0.717, 1.165) is 29.5 Å². The summed E-state index contributed by atoms with van der Waals surface area (Å²) in [6.45, 7) is 1.31. The second-order valence-corrected chi connectivity index (χ2v) is 7.78. The Bertz CT molecular complexity index is 979. The highest BCUT2D eigenvalue weighted by Gasteiger charge is 2.23. The molecule has 7 heteroatoms. The maximum Gasteiger partial charge on any atom is 0.289 e. The lowest BCUT2D eigenvalue weighted by Crippen LogP contribution is -2.30. The van der Waals surface area contributed by atoms with Crippen LogP contribution in [-0.4, -0.2) is 34.0 Å². The molecule has 1 aromatic carbocycles. The second kappa shape index (κ2) is 8.14. The van der Waals surface area contributed by atoms with Crippen LogP contribution in [0.4, 0.5) is 0 Å². The molecule has 2 aromatic heterocycles. The quantitative estimate of drug-likeness (QED) is 0.611. The fraction of sp³-hybridized carbons (Fsp3) is 0.333. The Balaban J connectivity index is 1.44. The van der Waals surface area contributed by atoms with E-state index >= 15 is 0 Å². The van der Waals surface area contributed by atoms with Crippen LogP contribution in [0, 0.1) is 0 Å². The van der Waals surface area contributed by atoms with Gasteiger partial charge >= 0.3 is 0 Å². The molecular formula is C21H23N3O3S. The summed E-state index contributed by atoms with van der Waals surface area (Å²) in [4.78, 5) is 19.1. The van der Waals surface area contributed by atoms with Crippen LogP contribution in [0.25, 0.3) is 0 Å². The number of imidazole rings is 1. The first-order valence-corrected chi connectivity index (χ1v) is 10.3. The molecule has 28 heavy (non-hydrogen) atoms.